The van der Waals surface area contributed by atoms with Gasteiger partial charge in [0.15, 0.2) is 11.6 Å². The van der Waals surface area contributed by atoms with E-state index >= 15 is 0 Å². The van der Waals surface area contributed by atoms with Crippen LogP contribution in [0.15, 0.2) is 61.7 Å². The second-order valence-corrected chi connectivity index (χ2v) is 15.2. The molecule has 1 amide bonds. The fourth-order valence-electron chi connectivity index (χ4n) is 7.28. The van der Waals surface area contributed by atoms with E-state index in [1.54, 1.807) is 26.7 Å². The Hall–Kier alpha value is -4.93. The first-order valence-electron chi connectivity index (χ1n) is 18.3. The molecule has 8 heterocycles. The van der Waals surface area contributed by atoms with Crippen LogP contribution in [0.2, 0.25) is 0 Å². The first kappa shape index (κ1) is 41.2. The lowest BCUT2D eigenvalue weighted by Gasteiger charge is -2.39. The van der Waals surface area contributed by atoms with Crippen LogP contribution in [0.3, 0.4) is 0 Å². The van der Waals surface area contributed by atoms with Gasteiger partial charge in [-0.1, -0.05) is 0 Å². The third-order valence-electron chi connectivity index (χ3n) is 10.4. The van der Waals surface area contributed by atoms with Crippen LogP contribution in [-0.2, 0) is 14.1 Å². The topological polar surface area (TPSA) is 169 Å². The van der Waals surface area contributed by atoms with Crippen LogP contribution < -0.4 is 15.5 Å². The molecule has 0 bridgehead atoms. The molecule has 6 aromatic rings. The molecular weight excluding hydrogens is 743 g/mol. The highest BCUT2D eigenvalue weighted by Gasteiger charge is 2.31. The largest absolute Gasteiger partial charge is 0.465 e. The molecule has 16 nitrogen and oxygen atoms in total. The Morgan fingerprint density at radius 1 is 0.745 bits per heavy atom. The predicted octanol–water partition coefficient (Wildman–Crippen LogP) is 5.27. The van der Waals surface area contributed by atoms with E-state index in [-0.39, 0.29) is 24.8 Å². The summed E-state index contributed by atoms with van der Waals surface area (Å²) in [6.45, 7) is 10.8. The first-order chi connectivity index (χ1) is 25.5. The van der Waals surface area contributed by atoms with Crippen LogP contribution >= 0.6 is 24.8 Å². The van der Waals surface area contributed by atoms with E-state index in [1.165, 1.54) is 0 Å². The lowest BCUT2D eigenvalue weighted by molar-refractivity contribution is 0.0852. The van der Waals surface area contributed by atoms with Crippen molar-refractivity contribution in [2.45, 2.75) is 52.0 Å². The number of rotatable bonds is 7. The Morgan fingerprint density at radius 3 is 1.55 bits per heavy atom. The molecule has 8 rings (SSSR count). The van der Waals surface area contributed by atoms with Crippen molar-refractivity contribution in [1.82, 2.24) is 53.7 Å². The number of carbonyl (C=O) groups is 1. The molecule has 0 saturated carbocycles. The zero-order chi connectivity index (χ0) is 37.3. The monoisotopic (exact) mass is 794 g/mol. The molecule has 55 heavy (non-hydrogen) atoms. The van der Waals surface area contributed by atoms with Gasteiger partial charge in [0.1, 0.15) is 11.0 Å². The summed E-state index contributed by atoms with van der Waals surface area (Å²) in [6.07, 6.45) is 18.3. The standard InChI is InChI=1S/C21H29N7O2.C16H21N7.2ClH/c1-21(2,3)27(20(29)30)12-15-6-9-26(10-7-15)19-18-5-8-22-28(18)14-17(24-19)16-11-23-25(4)13-16;1-21-10-13(9-19-21)14-11-23-15(2-5-18-23)16(20-14)22-6-3-12(8-17)4-7-22;;/h5,8,11,13-15H,6-7,9-10,12H2,1-4H3,(H,29,30);2,5,9-12H,3-4,6-8,17H2,1H3;2*1H. The molecule has 296 valence electrons. The maximum absolute atomic E-state index is 11.7. The second kappa shape index (κ2) is 17.3. The number of aryl methyl sites for hydroxylation is 2. The quantitative estimate of drug-likeness (QED) is 0.216. The number of anilines is 2. The molecule has 18 heteroatoms. The smallest absolute Gasteiger partial charge is 0.407 e. The summed E-state index contributed by atoms with van der Waals surface area (Å²) < 4.78 is 7.32. The molecule has 0 aliphatic carbocycles. The zero-order valence-electron chi connectivity index (χ0n) is 32.1. The van der Waals surface area contributed by atoms with Crippen LogP contribution in [-0.4, -0.2) is 110 Å². The fourth-order valence-corrected chi connectivity index (χ4v) is 7.28. The lowest BCUT2D eigenvalue weighted by Crippen LogP contribution is -2.49. The van der Waals surface area contributed by atoms with E-state index in [1.807, 2.05) is 93.2 Å². The Labute approximate surface area is 333 Å². The number of nitrogens with two attached hydrogens (primary N) is 1. The van der Waals surface area contributed by atoms with E-state index in [0.29, 0.717) is 18.4 Å². The maximum Gasteiger partial charge on any atom is 0.407 e. The summed E-state index contributed by atoms with van der Waals surface area (Å²) in [4.78, 5) is 27.7. The molecular formula is C37H52Cl2N14O2. The van der Waals surface area contributed by atoms with Crippen molar-refractivity contribution in [2.24, 2.45) is 31.7 Å². The van der Waals surface area contributed by atoms with Gasteiger partial charge in [0, 0.05) is 75.9 Å². The van der Waals surface area contributed by atoms with E-state index in [9.17, 15) is 9.90 Å². The minimum absolute atomic E-state index is 0. The van der Waals surface area contributed by atoms with Gasteiger partial charge in [-0.05, 0) is 77.0 Å². The van der Waals surface area contributed by atoms with Crippen molar-refractivity contribution in [3.63, 3.8) is 0 Å². The Bertz CT molecular complexity index is 2170. The number of hydrogen-bond donors (Lipinski definition) is 2. The summed E-state index contributed by atoms with van der Waals surface area (Å²) >= 11 is 0. The summed E-state index contributed by atoms with van der Waals surface area (Å²) in [6, 6.07) is 4.00. The van der Waals surface area contributed by atoms with Gasteiger partial charge in [0.05, 0.1) is 48.6 Å². The van der Waals surface area contributed by atoms with Crippen molar-refractivity contribution < 1.29 is 9.90 Å². The number of carboxylic acid groups (broad SMARTS) is 1. The molecule has 0 unspecified atom stereocenters. The minimum Gasteiger partial charge on any atom is -0.465 e. The zero-order valence-corrected chi connectivity index (χ0v) is 33.7. The summed E-state index contributed by atoms with van der Waals surface area (Å²) in [5, 5.41) is 26.9. The number of fused-ring (bicyclic) bond motifs is 2. The van der Waals surface area contributed by atoms with Gasteiger partial charge in [0.2, 0.25) is 0 Å². The molecule has 2 aliphatic heterocycles. The highest BCUT2D eigenvalue weighted by molar-refractivity contribution is 5.85. The Morgan fingerprint density at radius 2 is 1.18 bits per heavy atom. The third kappa shape index (κ3) is 9.14. The van der Waals surface area contributed by atoms with Crippen LogP contribution in [0.4, 0.5) is 16.4 Å². The van der Waals surface area contributed by atoms with E-state index in [4.69, 9.17) is 15.7 Å². The Balaban J connectivity index is 0.000000210. The SMILES string of the molecule is Cl.Cl.Cn1cc(-c2cn3nccc3c(N3CCC(CN(C(=O)O)C(C)(C)C)CC3)n2)cn1.Cn1cc(-c2cn3nccc3c(N3CCC(CN)CC3)n2)cn1. The average molecular weight is 796 g/mol. The maximum atomic E-state index is 11.7. The lowest BCUT2D eigenvalue weighted by atomic mass is 9.94. The van der Waals surface area contributed by atoms with Gasteiger partial charge >= 0.3 is 6.09 Å². The van der Waals surface area contributed by atoms with Crippen molar-refractivity contribution in [1.29, 1.82) is 0 Å². The molecule has 0 spiro atoms. The van der Waals surface area contributed by atoms with Gasteiger partial charge in [-0.25, -0.2) is 23.8 Å². The van der Waals surface area contributed by atoms with Crippen molar-refractivity contribution in [3.8, 4) is 22.5 Å². The molecule has 6 aromatic heterocycles. The van der Waals surface area contributed by atoms with Crippen LogP contribution in [0, 0.1) is 11.8 Å². The van der Waals surface area contributed by atoms with Gasteiger partial charge in [-0.2, -0.15) is 20.4 Å². The van der Waals surface area contributed by atoms with Crippen molar-refractivity contribution in [3.05, 3.63) is 61.7 Å². The van der Waals surface area contributed by atoms with Crippen molar-refractivity contribution >= 4 is 53.6 Å². The first-order valence-corrected chi connectivity index (χ1v) is 18.3. The normalized spacial score (nSPS) is 15.4. The van der Waals surface area contributed by atoms with Crippen molar-refractivity contribution in [2.75, 3.05) is 49.1 Å². The molecule has 0 atom stereocenters. The molecule has 0 aromatic carbocycles. The number of hydrogen-bond acceptors (Lipinski definition) is 10. The van der Waals surface area contributed by atoms with Crippen LogP contribution in [0.25, 0.3) is 33.5 Å². The number of amides is 1. The van der Waals surface area contributed by atoms with Crippen LogP contribution in [0.5, 0.6) is 0 Å². The summed E-state index contributed by atoms with van der Waals surface area (Å²) in [5.41, 5.74) is 11.1. The highest BCUT2D eigenvalue weighted by atomic mass is 35.5. The summed E-state index contributed by atoms with van der Waals surface area (Å²) in [5.74, 6) is 2.89. The molecule has 0 radical (unpaired) electrons. The minimum atomic E-state index is -0.850. The van der Waals surface area contributed by atoms with Gasteiger partial charge in [-0.3, -0.25) is 9.36 Å². The Kier molecular flexibility index (Phi) is 12.9. The number of nitrogens with zero attached hydrogens (tertiary/aromatic N) is 13. The summed E-state index contributed by atoms with van der Waals surface area (Å²) in [7, 11) is 3.80. The van der Waals surface area contributed by atoms with E-state index in [0.717, 1.165) is 104 Å². The molecule has 3 N–H and O–H groups in total. The van der Waals surface area contributed by atoms with Gasteiger partial charge in [-0.15, -0.1) is 24.8 Å². The second-order valence-electron chi connectivity index (χ2n) is 15.2. The number of halogens is 2. The molecule has 2 fully saturated rings. The number of piperidine rings is 2. The fraction of sp³-hybridized carbons (Fsp3) is 0.486. The van der Waals surface area contributed by atoms with Gasteiger partial charge in [0.25, 0.3) is 0 Å². The predicted molar refractivity (Wildman–Crippen MR) is 218 cm³/mol. The van der Waals surface area contributed by atoms with Crippen LogP contribution in [0.1, 0.15) is 46.5 Å². The third-order valence-corrected chi connectivity index (χ3v) is 10.4. The molecule has 2 saturated heterocycles. The highest BCUT2D eigenvalue weighted by Crippen LogP contribution is 2.31. The molecule has 2 aliphatic rings. The average Bonchev–Trinajstić information content (AvgIpc) is 3.98. The van der Waals surface area contributed by atoms with Gasteiger partial charge < -0.3 is 25.5 Å². The number of aromatic nitrogens is 10. The van der Waals surface area contributed by atoms with E-state index in [2.05, 4.69) is 30.2 Å². The van der Waals surface area contributed by atoms with E-state index < -0.39 is 11.6 Å².